The Hall–Kier alpha value is -3.09. The summed E-state index contributed by atoms with van der Waals surface area (Å²) < 4.78 is 26.9. The third-order valence-electron chi connectivity index (χ3n) is 4.03. The van der Waals surface area contributed by atoms with Crippen molar-refractivity contribution < 1.29 is 18.4 Å². The lowest BCUT2D eigenvalue weighted by Crippen LogP contribution is -2.36. The monoisotopic (exact) mass is 357 g/mol. The molecule has 0 aliphatic carbocycles. The number of benzene rings is 2. The van der Waals surface area contributed by atoms with Crippen LogP contribution < -0.4 is 10.3 Å². The fourth-order valence-electron chi connectivity index (χ4n) is 2.71. The Morgan fingerprint density at radius 1 is 1.15 bits per heavy atom. The molecule has 3 rings (SSSR count). The molecule has 7 heteroatoms. The summed E-state index contributed by atoms with van der Waals surface area (Å²) in [6.45, 7) is 2.37. The number of alkyl halides is 2. The van der Waals surface area contributed by atoms with Gasteiger partial charge >= 0.3 is 0 Å². The van der Waals surface area contributed by atoms with Gasteiger partial charge in [0.2, 0.25) is 5.91 Å². The van der Waals surface area contributed by atoms with E-state index in [1.807, 2.05) is 0 Å². The Morgan fingerprint density at radius 2 is 1.85 bits per heavy atom. The molecule has 5 nitrogen and oxygen atoms in total. The average Bonchev–Trinajstić information content (AvgIpc) is 2.89. The maximum Gasteiger partial charge on any atom is 0.270 e. The molecule has 1 N–H and O–H groups in total. The Balaban J connectivity index is 1.79. The van der Waals surface area contributed by atoms with Crippen molar-refractivity contribution in [1.82, 2.24) is 0 Å². The SMILES string of the molecule is CC1=NN(c2ccccc2)C(=O)C1C(=O)Nc1cccc(C(C)(F)F)c1. The molecule has 0 spiro atoms. The first kappa shape index (κ1) is 17.7. The molecule has 1 atom stereocenters. The van der Waals surface area contributed by atoms with Crippen molar-refractivity contribution in [3.63, 3.8) is 0 Å². The van der Waals surface area contributed by atoms with Crippen molar-refractivity contribution in [1.29, 1.82) is 0 Å². The second-order valence-electron chi connectivity index (χ2n) is 6.12. The van der Waals surface area contributed by atoms with Gasteiger partial charge in [-0.15, -0.1) is 0 Å². The number of amides is 2. The summed E-state index contributed by atoms with van der Waals surface area (Å²) in [5.74, 6) is -5.21. The molecule has 1 heterocycles. The molecule has 0 aromatic heterocycles. The van der Waals surface area contributed by atoms with Gasteiger partial charge in [0, 0.05) is 18.2 Å². The largest absolute Gasteiger partial charge is 0.325 e. The third-order valence-corrected chi connectivity index (χ3v) is 4.03. The van der Waals surface area contributed by atoms with E-state index in [1.165, 1.54) is 29.3 Å². The van der Waals surface area contributed by atoms with Gasteiger partial charge in [-0.1, -0.05) is 30.3 Å². The molecule has 0 saturated carbocycles. The highest BCUT2D eigenvalue weighted by atomic mass is 19.3. The van der Waals surface area contributed by atoms with Gasteiger partial charge in [0.25, 0.3) is 11.8 Å². The van der Waals surface area contributed by atoms with E-state index < -0.39 is 23.7 Å². The van der Waals surface area contributed by atoms with Crippen LogP contribution in [0.15, 0.2) is 59.7 Å². The summed E-state index contributed by atoms with van der Waals surface area (Å²) >= 11 is 0. The molecule has 0 saturated heterocycles. The van der Waals surface area contributed by atoms with E-state index in [4.69, 9.17) is 0 Å². The lowest BCUT2D eigenvalue weighted by atomic mass is 10.0. The van der Waals surface area contributed by atoms with Crippen LogP contribution >= 0.6 is 0 Å². The first-order valence-corrected chi connectivity index (χ1v) is 8.01. The van der Waals surface area contributed by atoms with Gasteiger partial charge in [0.05, 0.1) is 11.4 Å². The molecule has 1 aliphatic heterocycles. The van der Waals surface area contributed by atoms with Crippen LogP contribution in [0.25, 0.3) is 0 Å². The minimum Gasteiger partial charge on any atom is -0.325 e. The number of rotatable bonds is 4. The fraction of sp³-hybridized carbons (Fsp3) is 0.211. The standard InChI is InChI=1S/C19H17F2N3O2/c1-12-16(18(26)24(23-12)15-9-4-3-5-10-15)17(25)22-14-8-6-7-13(11-14)19(2,20)21/h3-11,16H,1-2H3,(H,22,25). The van der Waals surface area contributed by atoms with Gasteiger partial charge in [0.1, 0.15) is 0 Å². The molecule has 134 valence electrons. The van der Waals surface area contributed by atoms with Crippen molar-refractivity contribution in [2.45, 2.75) is 19.8 Å². The lowest BCUT2D eigenvalue weighted by molar-refractivity contribution is -0.127. The minimum atomic E-state index is -3.02. The van der Waals surface area contributed by atoms with Gasteiger partial charge in [-0.25, -0.2) is 8.78 Å². The number of halogens is 2. The van der Waals surface area contributed by atoms with Gasteiger partial charge in [-0.05, 0) is 31.2 Å². The van der Waals surface area contributed by atoms with Crippen LogP contribution in [0.1, 0.15) is 19.4 Å². The normalized spacial score (nSPS) is 17.2. The van der Waals surface area contributed by atoms with Gasteiger partial charge < -0.3 is 5.32 Å². The van der Waals surface area contributed by atoms with Gasteiger partial charge in [0.15, 0.2) is 5.92 Å². The summed E-state index contributed by atoms with van der Waals surface area (Å²) in [6, 6.07) is 14.1. The van der Waals surface area contributed by atoms with Crippen molar-refractivity contribution in [3.05, 3.63) is 60.2 Å². The molecule has 2 aromatic carbocycles. The third kappa shape index (κ3) is 3.46. The minimum absolute atomic E-state index is 0.202. The number of carbonyl (C=O) groups excluding carboxylic acids is 2. The van der Waals surface area contributed by atoms with Crippen molar-refractivity contribution >= 4 is 28.9 Å². The Bertz CT molecular complexity index is 876. The van der Waals surface area contributed by atoms with Crippen LogP contribution in [0.4, 0.5) is 20.2 Å². The summed E-state index contributed by atoms with van der Waals surface area (Å²) in [5.41, 5.74) is 0.880. The Morgan fingerprint density at radius 3 is 2.50 bits per heavy atom. The van der Waals surface area contributed by atoms with Crippen LogP contribution in [-0.4, -0.2) is 17.5 Å². The zero-order chi connectivity index (χ0) is 18.9. The molecule has 1 unspecified atom stereocenters. The lowest BCUT2D eigenvalue weighted by Gasteiger charge is -2.15. The summed E-state index contributed by atoms with van der Waals surface area (Å²) in [4.78, 5) is 25.2. The number of hydrazone groups is 1. The van der Waals surface area contributed by atoms with E-state index in [2.05, 4.69) is 10.4 Å². The van der Waals surface area contributed by atoms with Crippen molar-refractivity contribution in [3.8, 4) is 0 Å². The van der Waals surface area contributed by atoms with E-state index in [1.54, 1.807) is 37.3 Å². The van der Waals surface area contributed by atoms with Crippen LogP contribution in [0.3, 0.4) is 0 Å². The number of anilines is 2. The second kappa shape index (κ2) is 6.67. The molecular weight excluding hydrogens is 340 g/mol. The van der Waals surface area contributed by atoms with E-state index in [-0.39, 0.29) is 11.3 Å². The number of para-hydroxylation sites is 1. The number of hydrogen-bond acceptors (Lipinski definition) is 3. The molecule has 2 amide bonds. The summed E-state index contributed by atoms with van der Waals surface area (Å²) in [6.07, 6.45) is 0. The van der Waals surface area contributed by atoms with Crippen molar-refractivity contribution in [2.75, 3.05) is 10.3 Å². The number of hydrogen-bond donors (Lipinski definition) is 1. The number of carbonyl (C=O) groups is 2. The van der Waals surface area contributed by atoms with Gasteiger partial charge in [-0.2, -0.15) is 10.1 Å². The van der Waals surface area contributed by atoms with E-state index in [0.717, 1.165) is 6.92 Å². The van der Waals surface area contributed by atoms with Crippen LogP contribution in [-0.2, 0) is 15.5 Å². The van der Waals surface area contributed by atoms with Crippen LogP contribution in [0.2, 0.25) is 0 Å². The predicted molar refractivity (Wildman–Crippen MR) is 95.2 cm³/mol. The maximum absolute atomic E-state index is 13.4. The fourth-order valence-corrected chi connectivity index (χ4v) is 2.71. The molecule has 0 fully saturated rings. The zero-order valence-corrected chi connectivity index (χ0v) is 14.2. The molecule has 0 radical (unpaired) electrons. The average molecular weight is 357 g/mol. The highest BCUT2D eigenvalue weighted by Gasteiger charge is 2.39. The zero-order valence-electron chi connectivity index (χ0n) is 14.2. The topological polar surface area (TPSA) is 61.8 Å². The number of nitrogens with one attached hydrogen (secondary N) is 1. The van der Waals surface area contributed by atoms with E-state index >= 15 is 0 Å². The molecule has 0 bridgehead atoms. The highest BCUT2D eigenvalue weighted by molar-refractivity contribution is 6.28. The van der Waals surface area contributed by atoms with E-state index in [9.17, 15) is 18.4 Å². The second-order valence-corrected chi connectivity index (χ2v) is 6.12. The van der Waals surface area contributed by atoms with Crippen molar-refractivity contribution in [2.24, 2.45) is 11.0 Å². The maximum atomic E-state index is 13.4. The molecule has 2 aromatic rings. The summed E-state index contributed by atoms with van der Waals surface area (Å²) in [7, 11) is 0. The Kier molecular flexibility index (Phi) is 4.54. The number of nitrogens with zero attached hydrogens (tertiary/aromatic N) is 2. The smallest absolute Gasteiger partial charge is 0.270 e. The van der Waals surface area contributed by atoms with E-state index in [0.29, 0.717) is 11.4 Å². The molecule has 1 aliphatic rings. The van der Waals surface area contributed by atoms with Crippen LogP contribution in [0.5, 0.6) is 0 Å². The first-order valence-electron chi connectivity index (χ1n) is 8.01. The summed E-state index contributed by atoms with van der Waals surface area (Å²) in [5, 5.41) is 7.87. The first-order chi connectivity index (χ1) is 12.3. The predicted octanol–water partition coefficient (Wildman–Crippen LogP) is 3.78. The quantitative estimate of drug-likeness (QED) is 0.847. The molecular formula is C19H17F2N3O2. The molecule has 26 heavy (non-hydrogen) atoms. The van der Waals surface area contributed by atoms with Gasteiger partial charge in [-0.3, -0.25) is 9.59 Å². The highest BCUT2D eigenvalue weighted by Crippen LogP contribution is 2.29. The Labute approximate surface area is 149 Å². The van der Waals surface area contributed by atoms with Crippen LogP contribution in [0, 0.1) is 5.92 Å².